The minimum absolute atomic E-state index is 0.0813. The molecule has 1 N–H and O–H groups in total. The lowest BCUT2D eigenvalue weighted by Gasteiger charge is -2.36. The Bertz CT molecular complexity index is 583. The molecule has 7 nitrogen and oxygen atoms in total. The molecule has 0 spiro atoms. The van der Waals surface area contributed by atoms with Crippen LogP contribution in [0.3, 0.4) is 0 Å². The molecule has 1 aromatic rings. The van der Waals surface area contributed by atoms with Gasteiger partial charge in [0.05, 0.1) is 12.8 Å². The quantitative estimate of drug-likeness (QED) is 0.723. The first-order valence-electron chi connectivity index (χ1n) is 8.58. The second-order valence-electron chi connectivity index (χ2n) is 6.37. The number of carbonyl (C=O) groups is 2. The largest absolute Gasteiger partial charge is 0.495 e. The minimum atomic E-state index is -0.209. The fraction of sp³-hybridized carbons (Fsp3) is 0.556. The molecular weight excluding hydrogens is 320 g/mol. The van der Waals surface area contributed by atoms with Crippen LogP contribution >= 0.6 is 0 Å². The SMILES string of the molecule is COc1ccccc1N1CCN(C(=O)CC(=O)NCCN(C)C)CC1. The molecule has 0 atom stereocenters. The molecule has 25 heavy (non-hydrogen) atoms. The molecule has 0 aromatic heterocycles. The smallest absolute Gasteiger partial charge is 0.232 e. The predicted octanol–water partition coefficient (Wildman–Crippen LogP) is 0.412. The summed E-state index contributed by atoms with van der Waals surface area (Å²) >= 11 is 0. The number of hydrogen-bond donors (Lipinski definition) is 1. The van der Waals surface area contributed by atoms with Crippen LogP contribution in [0.1, 0.15) is 6.42 Å². The molecule has 0 radical (unpaired) electrons. The van der Waals surface area contributed by atoms with E-state index in [4.69, 9.17) is 4.74 Å². The van der Waals surface area contributed by atoms with Gasteiger partial charge in [0.15, 0.2) is 0 Å². The molecule has 2 rings (SSSR count). The maximum absolute atomic E-state index is 12.3. The lowest BCUT2D eigenvalue weighted by Crippen LogP contribution is -2.49. The number of nitrogens with one attached hydrogen (secondary N) is 1. The van der Waals surface area contributed by atoms with E-state index in [2.05, 4.69) is 10.2 Å². The number of ether oxygens (including phenoxy) is 1. The van der Waals surface area contributed by atoms with E-state index in [-0.39, 0.29) is 18.2 Å². The van der Waals surface area contributed by atoms with Gasteiger partial charge in [0, 0.05) is 39.3 Å². The summed E-state index contributed by atoms with van der Waals surface area (Å²) in [7, 11) is 5.55. The predicted molar refractivity (Wildman–Crippen MR) is 98.0 cm³/mol. The Morgan fingerprint density at radius 1 is 1.16 bits per heavy atom. The average molecular weight is 348 g/mol. The number of likely N-dealkylation sites (N-methyl/N-ethyl adjacent to an activating group) is 1. The molecule has 1 aliphatic heterocycles. The fourth-order valence-corrected chi connectivity index (χ4v) is 2.82. The zero-order valence-electron chi connectivity index (χ0n) is 15.3. The van der Waals surface area contributed by atoms with Crippen molar-refractivity contribution in [2.45, 2.75) is 6.42 Å². The van der Waals surface area contributed by atoms with E-state index < -0.39 is 0 Å². The van der Waals surface area contributed by atoms with E-state index in [1.54, 1.807) is 12.0 Å². The fourth-order valence-electron chi connectivity index (χ4n) is 2.82. The Kier molecular flexibility index (Phi) is 7.06. The molecule has 0 unspecified atom stereocenters. The van der Waals surface area contributed by atoms with Gasteiger partial charge in [0.25, 0.3) is 0 Å². The van der Waals surface area contributed by atoms with Crippen molar-refractivity contribution in [2.75, 3.05) is 65.4 Å². The number of piperazine rings is 1. The van der Waals surface area contributed by atoms with Gasteiger partial charge >= 0.3 is 0 Å². The van der Waals surface area contributed by atoms with Crippen LogP contribution in [-0.2, 0) is 9.59 Å². The highest BCUT2D eigenvalue weighted by Crippen LogP contribution is 2.28. The van der Waals surface area contributed by atoms with Crippen molar-refractivity contribution >= 4 is 17.5 Å². The minimum Gasteiger partial charge on any atom is -0.495 e. The van der Waals surface area contributed by atoms with Gasteiger partial charge in [0.2, 0.25) is 11.8 Å². The highest BCUT2D eigenvalue weighted by molar-refractivity contribution is 5.97. The summed E-state index contributed by atoms with van der Waals surface area (Å²) in [6.07, 6.45) is -0.0813. The lowest BCUT2D eigenvalue weighted by atomic mass is 10.2. The normalized spacial score (nSPS) is 14.6. The van der Waals surface area contributed by atoms with Gasteiger partial charge in [-0.05, 0) is 26.2 Å². The number of hydrogen-bond acceptors (Lipinski definition) is 5. The molecule has 1 fully saturated rings. The molecular formula is C18H28N4O3. The monoisotopic (exact) mass is 348 g/mol. The van der Waals surface area contributed by atoms with Crippen molar-refractivity contribution in [2.24, 2.45) is 0 Å². The van der Waals surface area contributed by atoms with Gasteiger partial charge in [-0.15, -0.1) is 0 Å². The van der Waals surface area contributed by atoms with Crippen molar-refractivity contribution in [3.8, 4) is 5.75 Å². The highest BCUT2D eigenvalue weighted by atomic mass is 16.5. The molecule has 0 bridgehead atoms. The van der Waals surface area contributed by atoms with E-state index in [0.717, 1.165) is 31.1 Å². The highest BCUT2D eigenvalue weighted by Gasteiger charge is 2.24. The molecule has 7 heteroatoms. The second kappa shape index (κ2) is 9.27. The van der Waals surface area contributed by atoms with Crippen molar-refractivity contribution in [1.82, 2.24) is 15.1 Å². The summed E-state index contributed by atoms with van der Waals surface area (Å²) in [5.41, 5.74) is 1.04. The van der Waals surface area contributed by atoms with Crippen LogP contribution < -0.4 is 15.0 Å². The Morgan fingerprint density at radius 2 is 1.84 bits per heavy atom. The van der Waals surface area contributed by atoms with Crippen molar-refractivity contribution in [3.05, 3.63) is 24.3 Å². The number of amides is 2. The standard InChI is InChI=1S/C18H28N4O3/c1-20(2)9-8-19-17(23)14-18(24)22-12-10-21(11-13-22)15-6-4-5-7-16(15)25-3/h4-7H,8-14H2,1-3H3,(H,19,23). The summed E-state index contributed by atoms with van der Waals surface area (Å²) in [6.45, 7) is 4.00. The van der Waals surface area contributed by atoms with Gasteiger partial charge in [-0.1, -0.05) is 12.1 Å². The third kappa shape index (κ3) is 5.63. The molecule has 138 valence electrons. The van der Waals surface area contributed by atoms with Gasteiger partial charge < -0.3 is 24.8 Å². The van der Waals surface area contributed by atoms with Gasteiger partial charge in [-0.2, -0.15) is 0 Å². The number of nitrogens with zero attached hydrogens (tertiary/aromatic N) is 3. The lowest BCUT2D eigenvalue weighted by molar-refractivity contribution is -0.136. The third-order valence-corrected chi connectivity index (χ3v) is 4.25. The van der Waals surface area contributed by atoms with Crippen LogP contribution in [0.2, 0.25) is 0 Å². The first kappa shape index (κ1) is 19.1. The maximum atomic E-state index is 12.3. The molecule has 1 aliphatic rings. The number of benzene rings is 1. The molecule has 1 heterocycles. The van der Waals surface area contributed by atoms with Crippen LogP contribution in [-0.4, -0.2) is 82.1 Å². The second-order valence-corrected chi connectivity index (χ2v) is 6.37. The summed E-state index contributed by atoms with van der Waals surface area (Å²) in [5.74, 6) is 0.517. The first-order valence-corrected chi connectivity index (χ1v) is 8.58. The number of carbonyl (C=O) groups excluding carboxylic acids is 2. The van der Waals surface area contributed by atoms with Crippen LogP contribution in [0.5, 0.6) is 5.75 Å². The van der Waals surface area contributed by atoms with Crippen LogP contribution in [0.15, 0.2) is 24.3 Å². The first-order chi connectivity index (χ1) is 12.0. The summed E-state index contributed by atoms with van der Waals surface area (Å²) in [6, 6.07) is 7.88. The number of rotatable bonds is 7. The summed E-state index contributed by atoms with van der Waals surface area (Å²) in [5, 5.41) is 2.78. The van der Waals surface area contributed by atoms with E-state index in [1.165, 1.54) is 0 Å². The Hall–Kier alpha value is -2.28. The van der Waals surface area contributed by atoms with E-state index in [1.807, 2.05) is 43.3 Å². The van der Waals surface area contributed by atoms with Crippen LogP contribution in [0.25, 0.3) is 0 Å². The van der Waals surface area contributed by atoms with Gasteiger partial charge in [-0.25, -0.2) is 0 Å². The number of para-hydroxylation sites is 2. The molecule has 2 amide bonds. The average Bonchev–Trinajstić information content (AvgIpc) is 2.61. The molecule has 1 aromatic carbocycles. The topological polar surface area (TPSA) is 65.1 Å². The van der Waals surface area contributed by atoms with E-state index >= 15 is 0 Å². The van der Waals surface area contributed by atoms with Crippen LogP contribution in [0, 0.1) is 0 Å². The Labute approximate surface area is 149 Å². The van der Waals surface area contributed by atoms with Crippen molar-refractivity contribution < 1.29 is 14.3 Å². The third-order valence-electron chi connectivity index (χ3n) is 4.25. The zero-order valence-corrected chi connectivity index (χ0v) is 15.3. The number of methoxy groups -OCH3 is 1. The molecule has 0 aliphatic carbocycles. The van der Waals surface area contributed by atoms with Crippen molar-refractivity contribution in [1.29, 1.82) is 0 Å². The van der Waals surface area contributed by atoms with Crippen molar-refractivity contribution in [3.63, 3.8) is 0 Å². The number of anilines is 1. The summed E-state index contributed by atoms with van der Waals surface area (Å²) < 4.78 is 5.40. The maximum Gasteiger partial charge on any atom is 0.232 e. The molecule has 1 saturated heterocycles. The summed E-state index contributed by atoms with van der Waals surface area (Å²) in [4.78, 5) is 30.1. The zero-order chi connectivity index (χ0) is 18.2. The molecule has 0 saturated carbocycles. The van der Waals surface area contributed by atoms with Gasteiger partial charge in [-0.3, -0.25) is 9.59 Å². The Balaban J connectivity index is 1.79. The van der Waals surface area contributed by atoms with E-state index in [0.29, 0.717) is 19.6 Å². The van der Waals surface area contributed by atoms with E-state index in [9.17, 15) is 9.59 Å². The van der Waals surface area contributed by atoms with Gasteiger partial charge in [0.1, 0.15) is 12.2 Å². The Morgan fingerprint density at radius 3 is 2.48 bits per heavy atom. The van der Waals surface area contributed by atoms with Crippen LogP contribution in [0.4, 0.5) is 5.69 Å².